The number of nitrogens with zero attached hydrogens (tertiary/aromatic N) is 1. The van der Waals surface area contributed by atoms with Gasteiger partial charge >= 0.3 is 0 Å². The molecule has 1 aliphatic heterocycles. The van der Waals surface area contributed by atoms with Gasteiger partial charge in [0.25, 0.3) is 0 Å². The fourth-order valence-electron chi connectivity index (χ4n) is 2.55. The van der Waals surface area contributed by atoms with Gasteiger partial charge in [-0.15, -0.1) is 0 Å². The molecule has 0 amide bonds. The number of aryl methyl sites for hydroxylation is 1. The maximum Gasteiger partial charge on any atom is 0.0405 e. The fourth-order valence-corrected chi connectivity index (χ4v) is 2.55. The molecule has 0 aliphatic carbocycles. The van der Waals surface area contributed by atoms with E-state index < -0.39 is 0 Å². The lowest BCUT2D eigenvalue weighted by atomic mass is 9.90. The van der Waals surface area contributed by atoms with Crippen LogP contribution in [0.4, 0.5) is 0 Å². The zero-order chi connectivity index (χ0) is 12.3. The number of benzene rings is 1. The minimum atomic E-state index is 0.147. The van der Waals surface area contributed by atoms with E-state index in [1.807, 2.05) is 0 Å². The summed E-state index contributed by atoms with van der Waals surface area (Å²) < 4.78 is 0. The molecule has 2 nitrogen and oxygen atoms in total. The lowest BCUT2D eigenvalue weighted by molar-refractivity contribution is 0.102. The number of nitrogens with one attached hydrogen (secondary N) is 1. The monoisotopic (exact) mass is 232 g/mol. The summed E-state index contributed by atoms with van der Waals surface area (Å²) in [5, 5.41) is 3.41. The van der Waals surface area contributed by atoms with Crippen LogP contribution in [-0.2, 0) is 12.0 Å². The maximum atomic E-state index is 3.41. The molecule has 0 saturated carbocycles. The maximum absolute atomic E-state index is 3.41. The SMILES string of the molecule is CCc1ccc(C(C)(C)N2CCNCC2)cc1. The molecule has 1 heterocycles. The third kappa shape index (κ3) is 2.70. The Morgan fingerprint density at radius 1 is 1.12 bits per heavy atom. The Morgan fingerprint density at radius 2 is 1.71 bits per heavy atom. The summed E-state index contributed by atoms with van der Waals surface area (Å²) in [4.78, 5) is 2.57. The van der Waals surface area contributed by atoms with E-state index in [2.05, 4.69) is 55.3 Å². The standard InChI is InChI=1S/C15H24N2/c1-4-13-5-7-14(8-6-13)15(2,3)17-11-9-16-10-12-17/h5-8,16H,4,9-12H2,1-3H3. The van der Waals surface area contributed by atoms with Crippen molar-refractivity contribution in [1.82, 2.24) is 10.2 Å². The summed E-state index contributed by atoms with van der Waals surface area (Å²) in [6, 6.07) is 9.11. The summed E-state index contributed by atoms with van der Waals surface area (Å²) >= 11 is 0. The molecule has 0 spiro atoms. The molecule has 1 aromatic rings. The highest BCUT2D eigenvalue weighted by molar-refractivity contribution is 5.27. The second-order valence-electron chi connectivity index (χ2n) is 5.35. The highest BCUT2D eigenvalue weighted by Crippen LogP contribution is 2.28. The Labute approximate surface area is 105 Å². The average molecular weight is 232 g/mol. The van der Waals surface area contributed by atoms with Gasteiger partial charge in [-0.1, -0.05) is 31.2 Å². The van der Waals surface area contributed by atoms with Crippen LogP contribution in [0.15, 0.2) is 24.3 Å². The number of hydrogen-bond acceptors (Lipinski definition) is 2. The van der Waals surface area contributed by atoms with Gasteiger partial charge < -0.3 is 5.32 Å². The van der Waals surface area contributed by atoms with Gasteiger partial charge in [0.1, 0.15) is 0 Å². The van der Waals surface area contributed by atoms with Crippen molar-refractivity contribution in [2.24, 2.45) is 0 Å². The topological polar surface area (TPSA) is 15.3 Å². The van der Waals surface area contributed by atoms with Crippen molar-refractivity contribution in [2.75, 3.05) is 26.2 Å². The van der Waals surface area contributed by atoms with Crippen molar-refractivity contribution in [3.63, 3.8) is 0 Å². The Hall–Kier alpha value is -0.860. The van der Waals surface area contributed by atoms with Gasteiger partial charge in [0.05, 0.1) is 0 Å². The minimum Gasteiger partial charge on any atom is -0.314 e. The molecule has 1 saturated heterocycles. The van der Waals surface area contributed by atoms with Crippen molar-refractivity contribution in [1.29, 1.82) is 0 Å². The van der Waals surface area contributed by atoms with E-state index in [4.69, 9.17) is 0 Å². The van der Waals surface area contributed by atoms with Crippen LogP contribution >= 0.6 is 0 Å². The quantitative estimate of drug-likeness (QED) is 0.861. The molecule has 2 heteroatoms. The van der Waals surface area contributed by atoms with Crippen LogP contribution in [0.5, 0.6) is 0 Å². The van der Waals surface area contributed by atoms with E-state index in [1.54, 1.807) is 0 Å². The molecular formula is C15H24N2. The molecule has 0 bridgehead atoms. The average Bonchev–Trinajstić information content (AvgIpc) is 2.40. The van der Waals surface area contributed by atoms with Crippen molar-refractivity contribution in [3.8, 4) is 0 Å². The molecule has 1 N–H and O–H groups in total. The van der Waals surface area contributed by atoms with Gasteiger partial charge in [0, 0.05) is 31.7 Å². The second kappa shape index (κ2) is 5.19. The Kier molecular flexibility index (Phi) is 3.85. The van der Waals surface area contributed by atoms with E-state index in [0.29, 0.717) is 0 Å². The zero-order valence-corrected chi connectivity index (χ0v) is 11.3. The van der Waals surface area contributed by atoms with E-state index in [-0.39, 0.29) is 5.54 Å². The van der Waals surface area contributed by atoms with Gasteiger partial charge in [-0.25, -0.2) is 0 Å². The van der Waals surface area contributed by atoms with Crippen molar-refractivity contribution >= 4 is 0 Å². The number of hydrogen-bond donors (Lipinski definition) is 1. The van der Waals surface area contributed by atoms with E-state index in [9.17, 15) is 0 Å². The van der Waals surface area contributed by atoms with Crippen molar-refractivity contribution in [3.05, 3.63) is 35.4 Å². The number of piperazine rings is 1. The second-order valence-corrected chi connectivity index (χ2v) is 5.35. The van der Waals surface area contributed by atoms with Crippen LogP contribution < -0.4 is 5.32 Å². The first-order valence-electron chi connectivity index (χ1n) is 6.70. The van der Waals surface area contributed by atoms with Crippen LogP contribution in [0.1, 0.15) is 31.9 Å². The zero-order valence-electron chi connectivity index (χ0n) is 11.3. The summed E-state index contributed by atoms with van der Waals surface area (Å²) in [5.41, 5.74) is 3.00. The molecule has 1 aliphatic rings. The summed E-state index contributed by atoms with van der Waals surface area (Å²) in [5.74, 6) is 0. The van der Waals surface area contributed by atoms with Crippen LogP contribution in [0.2, 0.25) is 0 Å². The molecule has 17 heavy (non-hydrogen) atoms. The predicted molar refractivity (Wildman–Crippen MR) is 73.3 cm³/mol. The smallest absolute Gasteiger partial charge is 0.0405 e. The van der Waals surface area contributed by atoms with Crippen molar-refractivity contribution < 1.29 is 0 Å². The molecule has 94 valence electrons. The van der Waals surface area contributed by atoms with Crippen molar-refractivity contribution in [2.45, 2.75) is 32.7 Å². The summed E-state index contributed by atoms with van der Waals surface area (Å²) in [6.07, 6.45) is 1.12. The Morgan fingerprint density at radius 3 is 2.24 bits per heavy atom. The van der Waals surface area contributed by atoms with Gasteiger partial charge in [0.2, 0.25) is 0 Å². The van der Waals surface area contributed by atoms with E-state index in [1.165, 1.54) is 11.1 Å². The van der Waals surface area contributed by atoms with Gasteiger partial charge in [0.15, 0.2) is 0 Å². The first kappa shape index (κ1) is 12.6. The predicted octanol–water partition coefficient (Wildman–Crippen LogP) is 2.39. The van der Waals surface area contributed by atoms with E-state index in [0.717, 1.165) is 32.6 Å². The van der Waals surface area contributed by atoms with E-state index >= 15 is 0 Å². The molecule has 0 radical (unpaired) electrons. The lowest BCUT2D eigenvalue weighted by Gasteiger charge is -2.41. The highest BCUT2D eigenvalue weighted by Gasteiger charge is 2.29. The normalized spacial score (nSPS) is 18.3. The molecular weight excluding hydrogens is 208 g/mol. The summed E-state index contributed by atoms with van der Waals surface area (Å²) in [6.45, 7) is 11.4. The van der Waals surface area contributed by atoms with Crippen LogP contribution in [-0.4, -0.2) is 31.1 Å². The Bertz CT molecular complexity index is 348. The van der Waals surface area contributed by atoms with Crippen LogP contribution in [0.3, 0.4) is 0 Å². The third-order valence-corrected chi connectivity index (χ3v) is 3.98. The van der Waals surface area contributed by atoms with Crippen LogP contribution in [0, 0.1) is 0 Å². The molecule has 1 fully saturated rings. The number of rotatable bonds is 3. The van der Waals surface area contributed by atoms with Gasteiger partial charge in [-0.2, -0.15) is 0 Å². The van der Waals surface area contributed by atoms with Gasteiger partial charge in [-0.3, -0.25) is 4.90 Å². The molecule has 1 aromatic carbocycles. The first-order chi connectivity index (χ1) is 8.14. The molecule has 2 rings (SSSR count). The lowest BCUT2D eigenvalue weighted by Crippen LogP contribution is -2.51. The van der Waals surface area contributed by atoms with Crippen LogP contribution in [0.25, 0.3) is 0 Å². The van der Waals surface area contributed by atoms with Gasteiger partial charge in [-0.05, 0) is 31.4 Å². The third-order valence-electron chi connectivity index (χ3n) is 3.98. The highest BCUT2D eigenvalue weighted by atomic mass is 15.2. The molecule has 0 aromatic heterocycles. The molecule has 0 atom stereocenters. The largest absolute Gasteiger partial charge is 0.314 e. The first-order valence-corrected chi connectivity index (χ1v) is 6.70. The Balaban J connectivity index is 2.17. The molecule has 0 unspecified atom stereocenters. The minimum absolute atomic E-state index is 0.147. The fraction of sp³-hybridized carbons (Fsp3) is 0.600. The summed E-state index contributed by atoms with van der Waals surface area (Å²) in [7, 11) is 0.